The molecular weight excluding hydrogens is 527 g/mol. The highest BCUT2D eigenvalue weighted by Crippen LogP contribution is 2.22. The van der Waals surface area contributed by atoms with E-state index >= 15 is 0 Å². The summed E-state index contributed by atoms with van der Waals surface area (Å²) in [4.78, 5) is 32.0. The monoisotopic (exact) mass is 548 g/mol. The van der Waals surface area contributed by atoms with Crippen LogP contribution in [0.15, 0.2) is 84.9 Å². The van der Waals surface area contributed by atoms with Gasteiger partial charge in [-0.25, -0.2) is 9.59 Å². The smallest absolute Gasteiger partial charge is 0.328 e. The Hall–Kier alpha value is -3.36. The van der Waals surface area contributed by atoms with E-state index in [1.807, 2.05) is 48.5 Å². The molecule has 0 spiro atoms. The summed E-state index contributed by atoms with van der Waals surface area (Å²) in [5, 5.41) is 23.7. The molecule has 3 aromatic rings. The van der Waals surface area contributed by atoms with E-state index in [4.69, 9.17) is 45.0 Å². The van der Waals surface area contributed by atoms with Crippen LogP contribution < -0.4 is 10.6 Å². The molecule has 0 aliphatic heterocycles. The Morgan fingerprint density at radius 3 is 1.92 bits per heavy atom. The molecule has 0 heterocycles. The number of hydrogen-bond donors (Lipinski definition) is 4. The molecule has 1 unspecified atom stereocenters. The molecule has 10 heteroatoms. The van der Waals surface area contributed by atoms with Crippen molar-refractivity contribution in [2.24, 2.45) is 0 Å². The molecule has 0 bridgehead atoms. The zero-order chi connectivity index (χ0) is 26.5. The van der Waals surface area contributed by atoms with E-state index < -0.39 is 18.0 Å². The number of hydrogen-bond acceptors (Lipinski definition) is 4. The number of halogens is 3. The highest BCUT2D eigenvalue weighted by molar-refractivity contribution is 6.35. The van der Waals surface area contributed by atoms with Gasteiger partial charge in [0.2, 0.25) is 5.91 Å². The van der Waals surface area contributed by atoms with Crippen LogP contribution in [0.3, 0.4) is 0 Å². The molecule has 0 saturated carbocycles. The number of carboxylic acid groups (broad SMARTS) is 2. The van der Waals surface area contributed by atoms with Crippen molar-refractivity contribution < 1.29 is 24.6 Å². The molecule has 3 rings (SSSR count). The SMILES string of the molecule is O=C(NCc1ccc(Cl)cc1)C(NCc1ccc(Cl)cc1Cl)c1ccccc1.O=C(O)/C=C/C(=O)O. The predicted molar refractivity (Wildman–Crippen MR) is 140 cm³/mol. The fraction of sp³-hybridized carbons (Fsp3) is 0.115. The third-order valence-corrected chi connectivity index (χ3v) is 5.49. The van der Waals surface area contributed by atoms with E-state index in [1.165, 1.54) is 0 Å². The fourth-order valence-electron chi connectivity index (χ4n) is 2.92. The molecule has 1 atom stereocenters. The minimum atomic E-state index is -1.26. The van der Waals surface area contributed by atoms with Crippen LogP contribution in [0.5, 0.6) is 0 Å². The molecular formula is C26H23Cl3N2O5. The number of benzene rings is 3. The number of carboxylic acids is 2. The topological polar surface area (TPSA) is 116 Å². The summed E-state index contributed by atoms with van der Waals surface area (Å²) in [6.45, 7) is 0.854. The molecule has 3 aromatic carbocycles. The molecule has 4 N–H and O–H groups in total. The summed E-state index contributed by atoms with van der Waals surface area (Å²) in [5.41, 5.74) is 2.73. The predicted octanol–water partition coefficient (Wildman–Crippen LogP) is 5.51. The summed E-state index contributed by atoms with van der Waals surface area (Å²) < 4.78 is 0. The lowest BCUT2D eigenvalue weighted by Crippen LogP contribution is -2.37. The number of nitrogens with one attached hydrogen (secondary N) is 2. The molecule has 0 aliphatic carbocycles. The van der Waals surface area contributed by atoms with Gasteiger partial charge in [-0.2, -0.15) is 0 Å². The Morgan fingerprint density at radius 1 is 0.778 bits per heavy atom. The van der Waals surface area contributed by atoms with Crippen molar-refractivity contribution in [1.29, 1.82) is 0 Å². The van der Waals surface area contributed by atoms with Crippen LogP contribution >= 0.6 is 34.8 Å². The molecule has 7 nitrogen and oxygen atoms in total. The summed E-state index contributed by atoms with van der Waals surface area (Å²) in [7, 11) is 0. The van der Waals surface area contributed by atoms with Gasteiger partial charge in [0.1, 0.15) is 6.04 Å². The van der Waals surface area contributed by atoms with E-state index in [-0.39, 0.29) is 5.91 Å². The van der Waals surface area contributed by atoms with Crippen LogP contribution in [0.25, 0.3) is 0 Å². The minimum Gasteiger partial charge on any atom is -0.478 e. The van der Waals surface area contributed by atoms with E-state index in [9.17, 15) is 14.4 Å². The molecule has 188 valence electrons. The van der Waals surface area contributed by atoms with Gasteiger partial charge < -0.3 is 15.5 Å². The van der Waals surface area contributed by atoms with Crippen LogP contribution in [-0.2, 0) is 27.5 Å². The molecule has 0 aliphatic rings. The van der Waals surface area contributed by atoms with Gasteiger partial charge in [-0.15, -0.1) is 0 Å². The van der Waals surface area contributed by atoms with Gasteiger partial charge in [0.15, 0.2) is 0 Å². The van der Waals surface area contributed by atoms with Crippen molar-refractivity contribution in [2.75, 3.05) is 0 Å². The molecule has 0 aromatic heterocycles. The molecule has 0 saturated heterocycles. The average molecular weight is 550 g/mol. The number of rotatable bonds is 9. The number of amides is 1. The number of carbonyl (C=O) groups excluding carboxylic acids is 1. The van der Waals surface area contributed by atoms with Crippen LogP contribution in [0, 0.1) is 0 Å². The molecule has 0 fully saturated rings. The minimum absolute atomic E-state index is 0.119. The van der Waals surface area contributed by atoms with Crippen molar-refractivity contribution in [3.05, 3.63) is 117 Å². The number of aliphatic carboxylic acids is 2. The van der Waals surface area contributed by atoms with Gasteiger partial charge >= 0.3 is 11.9 Å². The average Bonchev–Trinajstić information content (AvgIpc) is 2.85. The Kier molecular flexibility index (Phi) is 12.0. The maximum Gasteiger partial charge on any atom is 0.328 e. The van der Waals surface area contributed by atoms with E-state index in [1.54, 1.807) is 24.3 Å². The molecule has 0 radical (unpaired) electrons. The summed E-state index contributed by atoms with van der Waals surface area (Å²) >= 11 is 18.1. The van der Waals surface area contributed by atoms with Gasteiger partial charge in [-0.3, -0.25) is 10.1 Å². The Labute approximate surface area is 223 Å². The van der Waals surface area contributed by atoms with Crippen LogP contribution in [-0.4, -0.2) is 28.1 Å². The van der Waals surface area contributed by atoms with Gasteiger partial charge in [0, 0.05) is 40.3 Å². The lowest BCUT2D eigenvalue weighted by Gasteiger charge is -2.19. The number of carbonyl (C=O) groups is 3. The van der Waals surface area contributed by atoms with Crippen molar-refractivity contribution in [1.82, 2.24) is 10.6 Å². The lowest BCUT2D eigenvalue weighted by molar-refractivity contribution is -0.134. The standard InChI is InChI=1S/C22H19Cl3N2O.C4H4O4/c23-18-9-6-15(7-10-18)13-27-22(28)21(16-4-2-1-3-5-16)26-14-17-8-11-19(24)12-20(17)25;5-3(6)1-2-4(7)8/h1-12,21,26H,13-14H2,(H,27,28);1-2H,(H,5,6)(H,7,8)/b;2-1+. The van der Waals surface area contributed by atoms with Crippen LogP contribution in [0.4, 0.5) is 0 Å². The first kappa shape index (κ1) is 28.9. The van der Waals surface area contributed by atoms with Crippen molar-refractivity contribution in [3.63, 3.8) is 0 Å². The van der Waals surface area contributed by atoms with Crippen LogP contribution in [0.1, 0.15) is 22.7 Å². The summed E-state index contributed by atoms with van der Waals surface area (Å²) in [6.07, 6.45) is 1.12. The van der Waals surface area contributed by atoms with Crippen molar-refractivity contribution in [3.8, 4) is 0 Å². The first-order valence-corrected chi connectivity index (χ1v) is 11.7. The van der Waals surface area contributed by atoms with Gasteiger partial charge in [-0.1, -0.05) is 83.3 Å². The Balaban J connectivity index is 0.000000493. The highest BCUT2D eigenvalue weighted by Gasteiger charge is 2.20. The van der Waals surface area contributed by atoms with Crippen molar-refractivity contribution in [2.45, 2.75) is 19.1 Å². The first-order chi connectivity index (χ1) is 17.2. The van der Waals surface area contributed by atoms with E-state index in [0.29, 0.717) is 40.3 Å². The molecule has 36 heavy (non-hydrogen) atoms. The fourth-order valence-corrected chi connectivity index (χ4v) is 3.52. The van der Waals surface area contributed by atoms with Crippen molar-refractivity contribution >= 4 is 52.6 Å². The Morgan fingerprint density at radius 2 is 1.36 bits per heavy atom. The van der Waals surface area contributed by atoms with Gasteiger partial charge in [0.25, 0.3) is 0 Å². The van der Waals surface area contributed by atoms with E-state index in [2.05, 4.69) is 10.6 Å². The highest BCUT2D eigenvalue weighted by atomic mass is 35.5. The molecule has 1 amide bonds. The van der Waals surface area contributed by atoms with E-state index in [0.717, 1.165) is 16.7 Å². The second-order valence-electron chi connectivity index (χ2n) is 7.31. The van der Waals surface area contributed by atoms with Gasteiger partial charge in [-0.05, 0) is 41.0 Å². The zero-order valence-corrected chi connectivity index (χ0v) is 21.1. The normalized spacial score (nSPS) is 11.3. The first-order valence-electron chi connectivity index (χ1n) is 10.5. The quantitative estimate of drug-likeness (QED) is 0.262. The largest absolute Gasteiger partial charge is 0.478 e. The summed E-state index contributed by atoms with van der Waals surface area (Å²) in [6, 6.07) is 21.8. The lowest BCUT2D eigenvalue weighted by atomic mass is 10.1. The third kappa shape index (κ3) is 10.5. The van der Waals surface area contributed by atoms with Crippen LogP contribution in [0.2, 0.25) is 15.1 Å². The maximum atomic E-state index is 12.9. The maximum absolute atomic E-state index is 12.9. The zero-order valence-electron chi connectivity index (χ0n) is 18.8. The second kappa shape index (κ2) is 14.9. The third-order valence-electron chi connectivity index (χ3n) is 4.66. The summed E-state index contributed by atoms with van der Waals surface area (Å²) in [5.74, 6) is -2.63. The van der Waals surface area contributed by atoms with Gasteiger partial charge in [0.05, 0.1) is 0 Å². The Bertz CT molecular complexity index is 1190. The second-order valence-corrected chi connectivity index (χ2v) is 8.59.